The van der Waals surface area contributed by atoms with Crippen LogP contribution in [0.15, 0.2) is 24.3 Å². The van der Waals surface area contributed by atoms with E-state index in [0.29, 0.717) is 24.7 Å². The topological polar surface area (TPSA) is 79.2 Å². The average molecular weight is 406 g/mol. The molecule has 3 unspecified atom stereocenters. The lowest BCUT2D eigenvalue weighted by Gasteiger charge is -2.34. The van der Waals surface area contributed by atoms with E-state index >= 15 is 0 Å². The van der Waals surface area contributed by atoms with Crippen LogP contribution in [0.25, 0.3) is 0 Å². The molecule has 1 saturated carbocycles. The van der Waals surface area contributed by atoms with E-state index in [1.54, 1.807) is 11.0 Å². The third-order valence-corrected chi connectivity index (χ3v) is 6.02. The van der Waals surface area contributed by atoms with Crippen molar-refractivity contribution in [2.75, 3.05) is 6.61 Å². The number of aliphatic hydroxyl groups excluding tert-OH is 1. The van der Waals surface area contributed by atoms with Gasteiger partial charge in [0.2, 0.25) is 0 Å². The first kappa shape index (κ1) is 21.9. The van der Waals surface area contributed by atoms with Gasteiger partial charge in [-0.25, -0.2) is 4.79 Å². The van der Waals surface area contributed by atoms with E-state index in [1.807, 2.05) is 45.9 Å². The second kappa shape index (κ2) is 8.92. The lowest BCUT2D eigenvalue weighted by Crippen LogP contribution is -2.47. The predicted molar refractivity (Wildman–Crippen MR) is 111 cm³/mol. The molecule has 1 saturated heterocycles. The Morgan fingerprint density at radius 2 is 1.83 bits per heavy atom. The maximum absolute atomic E-state index is 12.6. The highest BCUT2D eigenvalue weighted by Crippen LogP contribution is 2.38. The normalized spacial score (nSPS) is 30.4. The fourth-order valence-corrected chi connectivity index (χ4v) is 4.56. The van der Waals surface area contributed by atoms with Crippen LogP contribution in [-0.4, -0.2) is 57.7 Å². The quantitative estimate of drug-likeness (QED) is 0.785. The Bertz CT molecular complexity index is 693. The summed E-state index contributed by atoms with van der Waals surface area (Å²) in [4.78, 5) is 14.3. The number of ether oxygens (including phenoxy) is 2. The predicted octanol–water partition coefficient (Wildman–Crippen LogP) is 4.19. The number of aliphatic hydroxyl groups is 1. The van der Waals surface area contributed by atoms with Crippen LogP contribution in [-0.2, 0) is 9.47 Å². The highest BCUT2D eigenvalue weighted by Gasteiger charge is 2.43. The Balaban J connectivity index is 1.53. The number of rotatable bonds is 4. The minimum absolute atomic E-state index is 0.0785. The highest BCUT2D eigenvalue weighted by atomic mass is 16.6. The number of phenolic OH excluding ortho intramolecular Hbond substituents is 1. The molecular formula is C23H35NO5. The standard InChI is InChI=1S/C23H35NO5/c1-15-13-21(26)19(24(15)22(27)29-23(2,3)4)14-28-17-11-9-16(10-12-17)18-7-5-6-8-20(18)25/h5-8,15-17,19,21,25-26H,9-14H2,1-4H3. The molecule has 6 nitrogen and oxygen atoms in total. The van der Waals surface area contributed by atoms with Crippen LogP contribution in [0, 0.1) is 0 Å². The van der Waals surface area contributed by atoms with Crippen LogP contribution in [0.3, 0.4) is 0 Å². The van der Waals surface area contributed by atoms with Crippen LogP contribution >= 0.6 is 0 Å². The van der Waals surface area contributed by atoms with Crippen molar-refractivity contribution in [2.45, 2.75) is 95.6 Å². The zero-order valence-corrected chi connectivity index (χ0v) is 18.0. The molecule has 1 aromatic rings. The number of likely N-dealkylation sites (tertiary alicyclic amines) is 1. The average Bonchev–Trinajstić information content (AvgIpc) is 2.93. The summed E-state index contributed by atoms with van der Waals surface area (Å²) < 4.78 is 11.7. The van der Waals surface area contributed by atoms with Crippen molar-refractivity contribution >= 4 is 6.09 Å². The molecule has 29 heavy (non-hydrogen) atoms. The fraction of sp³-hybridized carbons (Fsp3) is 0.696. The van der Waals surface area contributed by atoms with Gasteiger partial charge in [0.25, 0.3) is 0 Å². The van der Waals surface area contributed by atoms with Crippen LogP contribution in [0.2, 0.25) is 0 Å². The van der Waals surface area contributed by atoms with Gasteiger partial charge in [-0.15, -0.1) is 0 Å². The Morgan fingerprint density at radius 1 is 1.17 bits per heavy atom. The van der Waals surface area contributed by atoms with Crippen molar-refractivity contribution in [1.82, 2.24) is 4.90 Å². The summed E-state index contributed by atoms with van der Waals surface area (Å²) in [7, 11) is 0. The zero-order valence-electron chi connectivity index (χ0n) is 18.0. The number of carbonyl (C=O) groups is 1. The zero-order chi connectivity index (χ0) is 21.2. The molecule has 1 aliphatic carbocycles. The van der Waals surface area contributed by atoms with Gasteiger partial charge >= 0.3 is 6.09 Å². The van der Waals surface area contributed by atoms with E-state index < -0.39 is 17.8 Å². The second-order valence-electron chi connectivity index (χ2n) is 9.47. The molecule has 162 valence electrons. The van der Waals surface area contributed by atoms with Crippen LogP contribution < -0.4 is 0 Å². The third-order valence-electron chi connectivity index (χ3n) is 6.02. The van der Waals surface area contributed by atoms with Crippen LogP contribution in [0.1, 0.15) is 71.3 Å². The Kier molecular flexibility index (Phi) is 6.74. The van der Waals surface area contributed by atoms with E-state index in [4.69, 9.17) is 9.47 Å². The first-order chi connectivity index (χ1) is 13.7. The molecule has 2 aliphatic rings. The smallest absolute Gasteiger partial charge is 0.410 e. The number of phenols is 1. The number of hydrogen-bond donors (Lipinski definition) is 2. The molecule has 0 aromatic heterocycles. The van der Waals surface area contributed by atoms with Crippen molar-refractivity contribution in [3.8, 4) is 5.75 Å². The number of carbonyl (C=O) groups excluding carboxylic acids is 1. The Hall–Kier alpha value is -1.79. The number of benzene rings is 1. The molecule has 1 heterocycles. The van der Waals surface area contributed by atoms with Gasteiger partial charge in [0.05, 0.1) is 24.9 Å². The van der Waals surface area contributed by atoms with Gasteiger partial charge in [0.15, 0.2) is 0 Å². The molecule has 2 N–H and O–H groups in total. The largest absolute Gasteiger partial charge is 0.508 e. The summed E-state index contributed by atoms with van der Waals surface area (Å²) >= 11 is 0. The van der Waals surface area contributed by atoms with E-state index in [1.165, 1.54) is 0 Å². The summed E-state index contributed by atoms with van der Waals surface area (Å²) in [5.74, 6) is 0.722. The molecule has 0 radical (unpaired) electrons. The molecule has 2 fully saturated rings. The maximum Gasteiger partial charge on any atom is 0.410 e. The minimum atomic E-state index is -0.602. The number of nitrogens with zero attached hydrogens (tertiary/aromatic N) is 1. The van der Waals surface area contributed by atoms with Gasteiger partial charge in [0, 0.05) is 6.04 Å². The summed E-state index contributed by atoms with van der Waals surface area (Å²) in [5, 5.41) is 20.6. The van der Waals surface area contributed by atoms with Gasteiger partial charge in [-0.2, -0.15) is 0 Å². The van der Waals surface area contributed by atoms with Crippen molar-refractivity contribution in [3.63, 3.8) is 0 Å². The molecule has 0 bridgehead atoms. The molecule has 1 aromatic carbocycles. The van der Waals surface area contributed by atoms with Crippen molar-refractivity contribution in [1.29, 1.82) is 0 Å². The first-order valence-corrected chi connectivity index (χ1v) is 10.7. The SMILES string of the molecule is CC1CC(O)C(COC2CCC(c3ccccc3O)CC2)N1C(=O)OC(C)(C)C. The monoisotopic (exact) mass is 405 g/mol. The Labute approximate surface area is 173 Å². The molecule has 3 rings (SSSR count). The van der Waals surface area contributed by atoms with Crippen LogP contribution in [0.4, 0.5) is 4.79 Å². The molecule has 3 atom stereocenters. The van der Waals surface area contributed by atoms with Crippen molar-refractivity contribution in [3.05, 3.63) is 29.8 Å². The lowest BCUT2D eigenvalue weighted by atomic mass is 9.82. The van der Waals surface area contributed by atoms with E-state index in [-0.39, 0.29) is 18.2 Å². The molecule has 0 spiro atoms. The van der Waals surface area contributed by atoms with E-state index in [2.05, 4.69) is 0 Å². The minimum Gasteiger partial charge on any atom is -0.508 e. The van der Waals surface area contributed by atoms with E-state index in [0.717, 1.165) is 31.2 Å². The van der Waals surface area contributed by atoms with Gasteiger partial charge in [-0.05, 0) is 77.3 Å². The first-order valence-electron chi connectivity index (χ1n) is 10.7. The molecule has 1 amide bonds. The van der Waals surface area contributed by atoms with Gasteiger partial charge < -0.3 is 19.7 Å². The fourth-order valence-electron chi connectivity index (χ4n) is 4.56. The lowest BCUT2D eigenvalue weighted by molar-refractivity contribution is -0.0371. The molecule has 1 aliphatic heterocycles. The summed E-state index contributed by atoms with van der Waals surface area (Å²) in [5.41, 5.74) is 0.444. The third kappa shape index (κ3) is 5.43. The van der Waals surface area contributed by atoms with Gasteiger partial charge in [0.1, 0.15) is 11.4 Å². The Morgan fingerprint density at radius 3 is 2.45 bits per heavy atom. The van der Waals surface area contributed by atoms with Crippen LogP contribution in [0.5, 0.6) is 5.75 Å². The van der Waals surface area contributed by atoms with Crippen molar-refractivity contribution in [2.24, 2.45) is 0 Å². The number of aromatic hydroxyl groups is 1. The van der Waals surface area contributed by atoms with Crippen molar-refractivity contribution < 1.29 is 24.5 Å². The second-order valence-corrected chi connectivity index (χ2v) is 9.47. The summed E-state index contributed by atoms with van der Waals surface area (Å²) in [6.45, 7) is 7.78. The maximum atomic E-state index is 12.6. The van der Waals surface area contributed by atoms with Gasteiger partial charge in [-0.1, -0.05) is 18.2 Å². The van der Waals surface area contributed by atoms with E-state index in [9.17, 15) is 15.0 Å². The number of hydrogen-bond acceptors (Lipinski definition) is 5. The number of para-hydroxylation sites is 1. The molecular weight excluding hydrogens is 370 g/mol. The summed E-state index contributed by atoms with van der Waals surface area (Å²) in [6.07, 6.45) is 3.39. The molecule has 6 heteroatoms. The highest BCUT2D eigenvalue weighted by molar-refractivity contribution is 5.69. The summed E-state index contributed by atoms with van der Waals surface area (Å²) in [6, 6.07) is 7.09. The van der Waals surface area contributed by atoms with Gasteiger partial charge in [-0.3, -0.25) is 4.90 Å². The number of amides is 1.